The molecule has 0 aliphatic heterocycles. The number of nitrogens with one attached hydrogen (secondary N) is 1. The molecule has 1 aromatic heterocycles. The zero-order chi connectivity index (χ0) is 14.8. The number of halogens is 6. The van der Waals surface area contributed by atoms with Gasteiger partial charge in [0.05, 0.1) is 5.56 Å². The van der Waals surface area contributed by atoms with Crippen LogP contribution in [0.15, 0.2) is 12.1 Å². The number of aromatic nitrogens is 1. The monoisotopic (exact) mass is 288 g/mol. The summed E-state index contributed by atoms with van der Waals surface area (Å²) in [4.78, 5) is 4.09. The fourth-order valence-corrected chi connectivity index (χ4v) is 1.30. The Morgan fingerprint density at radius 3 is 2.21 bits per heavy atom. The van der Waals surface area contributed by atoms with E-state index < -0.39 is 30.3 Å². The van der Waals surface area contributed by atoms with Gasteiger partial charge in [0.15, 0.2) is 0 Å². The van der Waals surface area contributed by atoms with Crippen molar-refractivity contribution in [3.63, 3.8) is 0 Å². The van der Waals surface area contributed by atoms with E-state index in [-0.39, 0.29) is 5.82 Å². The number of rotatable bonds is 3. The molecule has 1 heterocycles. The highest BCUT2D eigenvalue weighted by Crippen LogP contribution is 2.33. The molecule has 0 aliphatic carbocycles. The van der Waals surface area contributed by atoms with Crippen molar-refractivity contribution in [2.24, 2.45) is 5.84 Å². The van der Waals surface area contributed by atoms with Gasteiger partial charge in [0.2, 0.25) is 0 Å². The van der Waals surface area contributed by atoms with Gasteiger partial charge in [0.1, 0.15) is 18.2 Å². The van der Waals surface area contributed by atoms with Gasteiger partial charge in [0, 0.05) is 7.05 Å². The molecule has 0 bridgehead atoms. The maximum Gasteiger partial charge on any atom is 0.416 e. The summed E-state index contributed by atoms with van der Waals surface area (Å²) in [5, 5.41) is 0. The van der Waals surface area contributed by atoms with E-state index in [2.05, 4.69) is 4.98 Å². The lowest BCUT2D eigenvalue weighted by molar-refractivity contribution is -0.137. The van der Waals surface area contributed by atoms with Gasteiger partial charge >= 0.3 is 12.4 Å². The highest BCUT2D eigenvalue weighted by molar-refractivity contribution is 5.50. The molecule has 0 fully saturated rings. The molecule has 0 saturated heterocycles. The van der Waals surface area contributed by atoms with E-state index in [9.17, 15) is 26.3 Å². The lowest BCUT2D eigenvalue weighted by atomic mass is 10.2. The predicted octanol–water partition coefficient (Wildman–Crippen LogP) is 2.38. The first-order chi connectivity index (χ1) is 8.53. The van der Waals surface area contributed by atoms with Gasteiger partial charge in [-0.15, -0.1) is 0 Å². The molecule has 108 valence electrons. The number of nitrogens with two attached hydrogens (primary N) is 1. The topological polar surface area (TPSA) is 54.2 Å². The van der Waals surface area contributed by atoms with Crippen LogP contribution in [0.4, 0.5) is 38.0 Å². The van der Waals surface area contributed by atoms with E-state index in [4.69, 9.17) is 5.84 Å². The van der Waals surface area contributed by atoms with Gasteiger partial charge in [-0.1, -0.05) is 0 Å². The number of alkyl halides is 6. The summed E-state index contributed by atoms with van der Waals surface area (Å²) in [6.45, 7) is -1.43. The molecule has 0 spiro atoms. The summed E-state index contributed by atoms with van der Waals surface area (Å²) in [6, 6.07) is 1.12. The summed E-state index contributed by atoms with van der Waals surface area (Å²) in [6.07, 6.45) is -9.26. The zero-order valence-electron chi connectivity index (χ0n) is 9.60. The molecule has 0 unspecified atom stereocenters. The number of hydrogen-bond donors (Lipinski definition) is 2. The molecule has 1 aromatic rings. The molecule has 19 heavy (non-hydrogen) atoms. The molecule has 0 aromatic carbocycles. The van der Waals surface area contributed by atoms with Crippen LogP contribution in [0.1, 0.15) is 5.56 Å². The second kappa shape index (κ2) is 5.11. The van der Waals surface area contributed by atoms with Crippen LogP contribution in [0.5, 0.6) is 0 Å². The lowest BCUT2D eigenvalue weighted by Crippen LogP contribution is -2.32. The molecule has 10 heteroatoms. The van der Waals surface area contributed by atoms with Crippen molar-refractivity contribution in [2.45, 2.75) is 12.4 Å². The Labute approximate surface area is 104 Å². The highest BCUT2D eigenvalue weighted by Gasteiger charge is 2.34. The largest absolute Gasteiger partial charge is 0.416 e. The van der Waals surface area contributed by atoms with Crippen LogP contribution in [-0.4, -0.2) is 24.8 Å². The van der Waals surface area contributed by atoms with E-state index in [1.54, 1.807) is 0 Å². The SMILES string of the molecule is CN(CC(F)(F)F)c1cc(C(F)(F)F)cc(NN)n1. The minimum atomic E-state index is -4.71. The van der Waals surface area contributed by atoms with Gasteiger partial charge in [-0.2, -0.15) is 26.3 Å². The summed E-state index contributed by atoms with van der Waals surface area (Å²) in [5.41, 5.74) is 0.739. The Morgan fingerprint density at radius 1 is 1.21 bits per heavy atom. The third-order valence-electron chi connectivity index (χ3n) is 2.09. The van der Waals surface area contributed by atoms with Crippen LogP contribution in [0.2, 0.25) is 0 Å². The summed E-state index contributed by atoms with van der Waals surface area (Å²) in [5.74, 6) is 4.08. The Hall–Kier alpha value is -1.71. The van der Waals surface area contributed by atoms with Gasteiger partial charge in [-0.25, -0.2) is 10.8 Å². The predicted molar refractivity (Wildman–Crippen MR) is 56.4 cm³/mol. The number of pyridine rings is 1. The maximum absolute atomic E-state index is 12.5. The molecule has 1 rings (SSSR count). The van der Waals surface area contributed by atoms with E-state index in [1.165, 1.54) is 0 Å². The molecule has 0 saturated carbocycles. The van der Waals surface area contributed by atoms with E-state index in [1.807, 2.05) is 5.43 Å². The van der Waals surface area contributed by atoms with Crippen LogP contribution in [0.25, 0.3) is 0 Å². The van der Waals surface area contributed by atoms with Crippen molar-refractivity contribution < 1.29 is 26.3 Å². The van der Waals surface area contributed by atoms with Crippen LogP contribution in [0.3, 0.4) is 0 Å². The van der Waals surface area contributed by atoms with Crippen molar-refractivity contribution in [2.75, 3.05) is 23.9 Å². The average molecular weight is 288 g/mol. The minimum absolute atomic E-state index is 0.376. The fourth-order valence-electron chi connectivity index (χ4n) is 1.30. The molecule has 0 radical (unpaired) electrons. The lowest BCUT2D eigenvalue weighted by Gasteiger charge is -2.21. The third kappa shape index (κ3) is 4.47. The van der Waals surface area contributed by atoms with Crippen molar-refractivity contribution in [1.29, 1.82) is 0 Å². The van der Waals surface area contributed by atoms with Crippen LogP contribution in [0, 0.1) is 0 Å². The third-order valence-corrected chi connectivity index (χ3v) is 2.09. The molecular weight excluding hydrogens is 278 g/mol. The summed E-state index contributed by atoms with van der Waals surface area (Å²) in [7, 11) is 0.982. The zero-order valence-corrected chi connectivity index (χ0v) is 9.60. The van der Waals surface area contributed by atoms with Crippen LogP contribution < -0.4 is 16.2 Å². The van der Waals surface area contributed by atoms with Crippen LogP contribution in [-0.2, 0) is 6.18 Å². The molecule has 0 atom stereocenters. The Morgan fingerprint density at radius 2 is 1.79 bits per heavy atom. The first kappa shape index (κ1) is 15.3. The molecular formula is C9H10F6N4. The summed E-state index contributed by atoms with van der Waals surface area (Å²) < 4.78 is 74.2. The van der Waals surface area contributed by atoms with E-state index in [0.717, 1.165) is 7.05 Å². The van der Waals surface area contributed by atoms with Crippen molar-refractivity contribution in [1.82, 2.24) is 4.98 Å². The molecule has 0 amide bonds. The van der Waals surface area contributed by atoms with Gasteiger partial charge in [-0.05, 0) is 12.1 Å². The second-order valence-electron chi connectivity index (χ2n) is 3.71. The molecule has 3 N–H and O–H groups in total. The fraction of sp³-hybridized carbons (Fsp3) is 0.444. The van der Waals surface area contributed by atoms with Crippen molar-refractivity contribution >= 4 is 11.6 Å². The second-order valence-corrected chi connectivity index (χ2v) is 3.71. The minimum Gasteiger partial charge on any atom is -0.350 e. The summed E-state index contributed by atoms with van der Waals surface area (Å²) >= 11 is 0. The van der Waals surface area contributed by atoms with E-state index in [0.29, 0.717) is 17.0 Å². The quantitative estimate of drug-likeness (QED) is 0.509. The van der Waals surface area contributed by atoms with Gasteiger partial charge in [0.25, 0.3) is 0 Å². The number of nitrogens with zero attached hydrogens (tertiary/aromatic N) is 2. The Bertz CT molecular complexity index is 441. The normalized spacial score (nSPS) is 12.4. The first-order valence-corrected chi connectivity index (χ1v) is 4.87. The average Bonchev–Trinajstić information content (AvgIpc) is 2.25. The smallest absolute Gasteiger partial charge is 0.350 e. The number of hydrogen-bond acceptors (Lipinski definition) is 4. The highest BCUT2D eigenvalue weighted by atomic mass is 19.4. The molecule has 4 nitrogen and oxygen atoms in total. The van der Waals surface area contributed by atoms with Crippen LogP contribution >= 0.6 is 0 Å². The van der Waals surface area contributed by atoms with Gasteiger partial charge in [-0.3, -0.25) is 0 Å². The van der Waals surface area contributed by atoms with E-state index >= 15 is 0 Å². The Balaban J connectivity index is 3.13. The number of nitrogen functional groups attached to an aromatic ring is 1. The number of hydrazine groups is 1. The first-order valence-electron chi connectivity index (χ1n) is 4.87. The molecule has 0 aliphatic rings. The van der Waals surface area contributed by atoms with Crippen molar-refractivity contribution in [3.05, 3.63) is 17.7 Å². The standard InChI is InChI=1S/C9H10F6N4/c1-19(4-8(10,11)12)7-3-5(9(13,14)15)2-6(17-7)18-16/h2-3H,4,16H2,1H3,(H,17,18). The maximum atomic E-state index is 12.5. The number of anilines is 2. The van der Waals surface area contributed by atoms with Crippen molar-refractivity contribution in [3.8, 4) is 0 Å². The van der Waals surface area contributed by atoms with Gasteiger partial charge < -0.3 is 10.3 Å². The Kier molecular flexibility index (Phi) is 4.13.